The van der Waals surface area contributed by atoms with Crippen molar-refractivity contribution in [2.45, 2.75) is 19.9 Å². The van der Waals surface area contributed by atoms with Gasteiger partial charge in [0.25, 0.3) is 0 Å². The third-order valence-corrected chi connectivity index (χ3v) is 4.58. The SMILES string of the molecule is Cc1c(C(=O)O)cc2cc(Cl)cn2c1C(C)N1CCOCC1. The van der Waals surface area contributed by atoms with Crippen molar-refractivity contribution >= 4 is 23.1 Å². The minimum absolute atomic E-state index is 0.0918. The molecule has 1 unspecified atom stereocenters. The lowest BCUT2D eigenvalue weighted by Gasteiger charge is -2.33. The van der Waals surface area contributed by atoms with Gasteiger partial charge in [-0.2, -0.15) is 0 Å². The van der Waals surface area contributed by atoms with E-state index in [9.17, 15) is 9.90 Å². The van der Waals surface area contributed by atoms with Crippen LogP contribution in [0.2, 0.25) is 5.02 Å². The highest BCUT2D eigenvalue weighted by atomic mass is 35.5. The smallest absolute Gasteiger partial charge is 0.336 e. The lowest BCUT2D eigenvalue weighted by molar-refractivity contribution is 0.0187. The Bertz CT molecular complexity index is 720. The van der Waals surface area contributed by atoms with Crippen LogP contribution in [0.3, 0.4) is 0 Å². The van der Waals surface area contributed by atoms with Gasteiger partial charge in [0.15, 0.2) is 0 Å². The van der Waals surface area contributed by atoms with Gasteiger partial charge < -0.3 is 14.2 Å². The zero-order chi connectivity index (χ0) is 15.9. The molecule has 1 aliphatic rings. The first-order valence-corrected chi connectivity index (χ1v) is 7.73. The van der Waals surface area contributed by atoms with E-state index in [2.05, 4.69) is 11.8 Å². The highest BCUT2D eigenvalue weighted by Gasteiger charge is 2.25. The number of aromatic nitrogens is 1. The van der Waals surface area contributed by atoms with Crippen LogP contribution in [0.15, 0.2) is 18.3 Å². The first kappa shape index (κ1) is 15.3. The lowest BCUT2D eigenvalue weighted by atomic mass is 10.0. The molecule has 0 saturated carbocycles. The first-order valence-electron chi connectivity index (χ1n) is 7.35. The van der Waals surface area contributed by atoms with E-state index in [1.165, 1.54) is 0 Å². The molecule has 6 heteroatoms. The van der Waals surface area contributed by atoms with Crippen LogP contribution in [0, 0.1) is 6.92 Å². The topological polar surface area (TPSA) is 54.2 Å². The summed E-state index contributed by atoms with van der Waals surface area (Å²) >= 11 is 6.13. The van der Waals surface area contributed by atoms with E-state index in [0.717, 1.165) is 29.9 Å². The van der Waals surface area contributed by atoms with E-state index in [-0.39, 0.29) is 6.04 Å². The van der Waals surface area contributed by atoms with Gasteiger partial charge >= 0.3 is 5.97 Å². The van der Waals surface area contributed by atoms with Gasteiger partial charge in [-0.1, -0.05) is 11.6 Å². The molecule has 0 radical (unpaired) electrons. The maximum Gasteiger partial charge on any atom is 0.336 e. The largest absolute Gasteiger partial charge is 0.478 e. The number of carbonyl (C=O) groups is 1. The van der Waals surface area contributed by atoms with Crippen molar-refractivity contribution in [2.75, 3.05) is 26.3 Å². The molecule has 2 aromatic heterocycles. The molecule has 3 heterocycles. The molecule has 0 amide bonds. The Morgan fingerprint density at radius 3 is 2.68 bits per heavy atom. The predicted octanol–water partition coefficient (Wildman–Crippen LogP) is 2.99. The Morgan fingerprint density at radius 1 is 1.36 bits per heavy atom. The van der Waals surface area contributed by atoms with Gasteiger partial charge in [-0.3, -0.25) is 4.90 Å². The van der Waals surface area contributed by atoms with Crippen molar-refractivity contribution in [3.8, 4) is 0 Å². The van der Waals surface area contributed by atoms with E-state index in [1.54, 1.807) is 12.1 Å². The van der Waals surface area contributed by atoms with Gasteiger partial charge in [-0.15, -0.1) is 0 Å². The average Bonchev–Trinajstić information content (AvgIpc) is 2.86. The summed E-state index contributed by atoms with van der Waals surface area (Å²) < 4.78 is 7.41. The van der Waals surface area contributed by atoms with E-state index in [4.69, 9.17) is 16.3 Å². The summed E-state index contributed by atoms with van der Waals surface area (Å²) in [6.07, 6.45) is 1.85. The molecule has 3 rings (SSSR count). The molecular formula is C16H19ClN2O3. The molecule has 1 fully saturated rings. The molecule has 0 spiro atoms. The fourth-order valence-corrected chi connectivity index (χ4v) is 3.42. The number of pyridine rings is 1. The normalized spacial score (nSPS) is 17.8. The summed E-state index contributed by atoms with van der Waals surface area (Å²) in [6, 6.07) is 3.57. The van der Waals surface area contributed by atoms with E-state index >= 15 is 0 Å². The van der Waals surface area contributed by atoms with Gasteiger partial charge in [0.05, 0.1) is 23.8 Å². The predicted molar refractivity (Wildman–Crippen MR) is 84.9 cm³/mol. The number of ether oxygens (including phenoxy) is 1. The number of hydrogen-bond acceptors (Lipinski definition) is 3. The van der Waals surface area contributed by atoms with Crippen LogP contribution in [0.5, 0.6) is 0 Å². The molecule has 118 valence electrons. The summed E-state index contributed by atoms with van der Waals surface area (Å²) in [5, 5.41) is 10.1. The number of nitrogens with zero attached hydrogens (tertiary/aromatic N) is 2. The molecule has 1 atom stereocenters. The highest BCUT2D eigenvalue weighted by Crippen LogP contribution is 2.30. The molecule has 0 aliphatic carbocycles. The second kappa shape index (κ2) is 5.91. The Balaban J connectivity index is 2.16. The van der Waals surface area contributed by atoms with Gasteiger partial charge in [0, 0.05) is 36.5 Å². The summed E-state index contributed by atoms with van der Waals surface area (Å²) in [5.74, 6) is -0.909. The van der Waals surface area contributed by atoms with Crippen LogP contribution in [-0.4, -0.2) is 46.7 Å². The van der Waals surface area contributed by atoms with E-state index in [0.29, 0.717) is 23.8 Å². The Kier molecular flexibility index (Phi) is 4.12. The molecule has 2 aromatic rings. The Labute approximate surface area is 134 Å². The fourth-order valence-electron chi connectivity index (χ4n) is 3.22. The standard InChI is InChI=1S/C16H19ClN2O3/c1-10-14(16(20)21)8-13-7-12(17)9-19(13)15(10)11(2)18-3-5-22-6-4-18/h7-9,11H,3-6H2,1-2H3,(H,20,21). The molecule has 1 N–H and O–H groups in total. The quantitative estimate of drug-likeness (QED) is 0.944. The van der Waals surface area contributed by atoms with Crippen LogP contribution in [-0.2, 0) is 4.74 Å². The van der Waals surface area contributed by atoms with Crippen LogP contribution in [0.4, 0.5) is 0 Å². The third-order valence-electron chi connectivity index (χ3n) is 4.38. The molecule has 1 saturated heterocycles. The fraction of sp³-hybridized carbons (Fsp3) is 0.438. The molecule has 0 bridgehead atoms. The summed E-state index contributed by atoms with van der Waals surface area (Å²) in [7, 11) is 0. The maximum absolute atomic E-state index is 11.5. The molecule has 1 aliphatic heterocycles. The van der Waals surface area contributed by atoms with Gasteiger partial charge in [0.1, 0.15) is 0 Å². The number of carboxylic acids is 1. The van der Waals surface area contributed by atoms with Crippen LogP contribution in [0.25, 0.3) is 5.52 Å². The molecular weight excluding hydrogens is 304 g/mol. The van der Waals surface area contributed by atoms with E-state index < -0.39 is 5.97 Å². The molecule has 5 nitrogen and oxygen atoms in total. The minimum Gasteiger partial charge on any atom is -0.478 e. The van der Waals surface area contributed by atoms with Crippen molar-refractivity contribution in [1.29, 1.82) is 0 Å². The average molecular weight is 323 g/mol. The zero-order valence-electron chi connectivity index (χ0n) is 12.7. The Hall–Kier alpha value is -1.56. The number of fused-ring (bicyclic) bond motifs is 1. The summed E-state index contributed by atoms with van der Waals surface area (Å²) in [5.41, 5.74) is 2.90. The van der Waals surface area contributed by atoms with Crippen molar-refractivity contribution < 1.29 is 14.6 Å². The van der Waals surface area contributed by atoms with Crippen LogP contribution in [0.1, 0.15) is 34.6 Å². The molecule has 0 aromatic carbocycles. The number of halogens is 1. The number of aromatic carboxylic acids is 1. The van der Waals surface area contributed by atoms with Crippen molar-refractivity contribution in [3.63, 3.8) is 0 Å². The monoisotopic (exact) mass is 322 g/mol. The van der Waals surface area contributed by atoms with Crippen molar-refractivity contribution in [1.82, 2.24) is 9.30 Å². The zero-order valence-corrected chi connectivity index (χ0v) is 13.4. The van der Waals surface area contributed by atoms with Gasteiger partial charge in [0.2, 0.25) is 0 Å². The Morgan fingerprint density at radius 2 is 2.05 bits per heavy atom. The van der Waals surface area contributed by atoms with E-state index in [1.807, 2.05) is 17.5 Å². The minimum atomic E-state index is -0.909. The third kappa shape index (κ3) is 2.60. The number of morpholine rings is 1. The van der Waals surface area contributed by atoms with Crippen LogP contribution >= 0.6 is 11.6 Å². The van der Waals surface area contributed by atoms with Gasteiger partial charge in [-0.05, 0) is 31.5 Å². The molecule has 22 heavy (non-hydrogen) atoms. The second-order valence-corrected chi connectivity index (χ2v) is 6.09. The summed E-state index contributed by atoms with van der Waals surface area (Å²) in [6.45, 7) is 7.06. The van der Waals surface area contributed by atoms with Crippen molar-refractivity contribution in [3.05, 3.63) is 40.2 Å². The van der Waals surface area contributed by atoms with Crippen LogP contribution < -0.4 is 0 Å². The van der Waals surface area contributed by atoms with Gasteiger partial charge in [-0.25, -0.2) is 4.79 Å². The van der Waals surface area contributed by atoms with Crippen molar-refractivity contribution in [2.24, 2.45) is 0 Å². The first-order chi connectivity index (χ1) is 10.5. The number of carboxylic acid groups (broad SMARTS) is 1. The lowest BCUT2D eigenvalue weighted by Crippen LogP contribution is -2.39. The number of hydrogen-bond donors (Lipinski definition) is 1. The maximum atomic E-state index is 11.5. The summed E-state index contributed by atoms with van der Waals surface area (Å²) in [4.78, 5) is 13.9. The second-order valence-electron chi connectivity index (χ2n) is 5.65. The number of rotatable bonds is 3. The highest BCUT2D eigenvalue weighted by molar-refractivity contribution is 6.31.